The Kier molecular flexibility index (Phi) is 100. The molecule has 4 N–H and O–H groups in total. The number of carbonyl (C=O) groups excluding carboxylic acids is 5. The zero-order valence-electron chi connectivity index (χ0n) is 77.1. The van der Waals surface area contributed by atoms with Crippen molar-refractivity contribution < 1.29 is 82.5 Å². The molecular weight excluding hydrogens is 1470 g/mol. The molecule has 0 heterocycles. The lowest BCUT2D eigenvalue weighted by atomic mass is 10.0. The van der Waals surface area contributed by atoms with E-state index >= 15 is 0 Å². The summed E-state index contributed by atoms with van der Waals surface area (Å²) in [6.45, 7) is 8.64. The number of rotatable bonds is 93. The maximum atomic E-state index is 12.7. The van der Waals surface area contributed by atoms with Crippen molar-refractivity contribution in [2.24, 2.45) is 0 Å². The topological polar surface area (TPSA) is 264 Å². The van der Waals surface area contributed by atoms with Gasteiger partial charge in [0, 0.05) is 51.4 Å². The fourth-order valence-electron chi connectivity index (χ4n) is 14.9. The number of carboxylic acids is 3. The van der Waals surface area contributed by atoms with Crippen molar-refractivity contribution >= 4 is 47.8 Å². The third kappa shape index (κ3) is 108. The predicted molar refractivity (Wildman–Crippen MR) is 484 cm³/mol. The molecule has 0 fully saturated rings. The van der Waals surface area contributed by atoms with Gasteiger partial charge in [0.2, 0.25) is 0 Å². The van der Waals surface area contributed by atoms with Crippen molar-refractivity contribution in [3.05, 3.63) is 0 Å². The SMILES string of the molecule is CCCCCCCCCCCCCCCC(=O)OCC(COC(=O)CCCCCCCCCCCCCCC)OC(=O)CCCCCCCCCCCCCC(=O)O.CCCCCCCCCCCCCCCC(=O)OCC(O)COC(=O)CCCCCCCCCCCCCCC.O=C(O)CCCCCCCCCCCCCC(=O)O. The first-order chi connectivity index (χ1) is 57.1. The number of carboxylic acid groups (broad SMARTS) is 3. The highest BCUT2D eigenvalue weighted by molar-refractivity contribution is 5.72. The Labute approximate surface area is 719 Å². The molecule has 0 aliphatic rings. The molecule has 0 spiro atoms. The Morgan fingerprint density at radius 3 is 0.462 bits per heavy atom. The number of esters is 5. The summed E-state index contributed by atoms with van der Waals surface area (Å²) in [6.07, 6.45) is 90.0. The molecule has 0 bridgehead atoms. The summed E-state index contributed by atoms with van der Waals surface area (Å²) in [7, 11) is 0. The zero-order valence-corrected chi connectivity index (χ0v) is 77.1. The van der Waals surface area contributed by atoms with Gasteiger partial charge in [0.05, 0.1) is 0 Å². The van der Waals surface area contributed by atoms with E-state index in [0.717, 1.165) is 154 Å². The van der Waals surface area contributed by atoms with E-state index in [9.17, 15) is 43.5 Å². The predicted octanol–water partition coefficient (Wildman–Crippen LogP) is 29.7. The van der Waals surface area contributed by atoms with Crippen LogP contribution < -0.4 is 0 Å². The van der Waals surface area contributed by atoms with Crippen LogP contribution in [0.1, 0.15) is 554 Å². The molecule has 0 saturated heterocycles. The number of aliphatic carboxylic acids is 3. The van der Waals surface area contributed by atoms with Crippen LogP contribution in [0.2, 0.25) is 0 Å². The van der Waals surface area contributed by atoms with E-state index in [-0.39, 0.29) is 62.7 Å². The normalized spacial score (nSPS) is 11.2. The Bertz CT molecular complexity index is 2000. The average molecular weight is 1660 g/mol. The second-order valence-corrected chi connectivity index (χ2v) is 34.4. The van der Waals surface area contributed by atoms with E-state index in [1.807, 2.05) is 0 Å². The highest BCUT2D eigenvalue weighted by Crippen LogP contribution is 2.21. The van der Waals surface area contributed by atoms with Crippen LogP contribution in [0.3, 0.4) is 0 Å². The number of aliphatic hydroxyl groups excluding tert-OH is 1. The molecule has 117 heavy (non-hydrogen) atoms. The summed E-state index contributed by atoms with van der Waals surface area (Å²) in [5, 5.41) is 35.6. The third-order valence-corrected chi connectivity index (χ3v) is 22.5. The van der Waals surface area contributed by atoms with Crippen molar-refractivity contribution in [1.29, 1.82) is 0 Å². The summed E-state index contributed by atoms with van der Waals surface area (Å²) in [5.74, 6) is -3.57. The van der Waals surface area contributed by atoms with E-state index in [2.05, 4.69) is 27.7 Å². The number of unbranched alkanes of at least 4 members (excludes halogenated alkanes) is 68. The van der Waals surface area contributed by atoms with Crippen LogP contribution in [-0.4, -0.2) is 107 Å². The smallest absolute Gasteiger partial charge is 0.306 e. The molecule has 0 aliphatic carbocycles. The van der Waals surface area contributed by atoms with Crippen molar-refractivity contribution in [3.8, 4) is 0 Å². The van der Waals surface area contributed by atoms with E-state index in [1.54, 1.807) is 0 Å². The van der Waals surface area contributed by atoms with Crippen LogP contribution in [0.25, 0.3) is 0 Å². The lowest BCUT2D eigenvalue weighted by Crippen LogP contribution is -2.30. The Morgan fingerprint density at radius 2 is 0.308 bits per heavy atom. The molecule has 0 atom stereocenters. The second-order valence-electron chi connectivity index (χ2n) is 34.4. The van der Waals surface area contributed by atoms with Gasteiger partial charge >= 0.3 is 47.8 Å². The lowest BCUT2D eigenvalue weighted by molar-refractivity contribution is -0.167. The molecule has 0 rings (SSSR count). The van der Waals surface area contributed by atoms with Crippen molar-refractivity contribution in [2.75, 3.05) is 26.4 Å². The van der Waals surface area contributed by atoms with Crippen molar-refractivity contribution in [3.63, 3.8) is 0 Å². The molecule has 0 aliphatic heterocycles. The molecule has 0 amide bonds. The van der Waals surface area contributed by atoms with Crippen molar-refractivity contribution in [1.82, 2.24) is 0 Å². The monoisotopic (exact) mass is 1660 g/mol. The fraction of sp³-hybridized carbons (Fsp3) is 0.920. The van der Waals surface area contributed by atoms with Gasteiger partial charge in [0.1, 0.15) is 32.5 Å². The van der Waals surface area contributed by atoms with Crippen LogP contribution in [0, 0.1) is 0 Å². The summed E-state index contributed by atoms with van der Waals surface area (Å²) in [6, 6.07) is 0. The maximum Gasteiger partial charge on any atom is 0.306 e. The number of hydrogen-bond acceptors (Lipinski definition) is 14. The molecule has 692 valence electrons. The van der Waals surface area contributed by atoms with Crippen LogP contribution in [0.5, 0.6) is 0 Å². The first kappa shape index (κ1) is 117. The van der Waals surface area contributed by atoms with Gasteiger partial charge in [-0.3, -0.25) is 38.4 Å². The second kappa shape index (κ2) is 101. The zero-order chi connectivity index (χ0) is 86.1. The Morgan fingerprint density at radius 1 is 0.179 bits per heavy atom. The first-order valence-electron chi connectivity index (χ1n) is 50.3. The van der Waals surface area contributed by atoms with Gasteiger partial charge in [-0.05, 0) is 51.4 Å². The standard InChI is InChI=1S/C50H94O8.C35H68O5.C15H28O4/c1-3-5-7-9-11-13-15-17-21-25-29-33-37-41-48(53)56-44-46(45-57-49(54)42-38-34-30-26-22-18-16-14-12-10-8-6-4-2)58-50(55)43-39-35-31-27-23-19-20-24-28-32-36-40-47(51)52;1-3-5-7-9-11-13-15-17-19-21-23-25-27-29-34(37)39-31-33(36)32-40-35(38)30-28-26-24-22-20-18-16-14-12-10-8-6-4-2;16-14(17)12-10-8-6-4-2-1-3-5-7-9-11-13-15(18)19/h46H,3-45H2,1-2H3,(H,51,52);33,36H,3-32H2,1-2H3;1-13H2,(H,16,17)(H,18,19). The highest BCUT2D eigenvalue weighted by Gasteiger charge is 2.20. The Balaban J connectivity index is -0.00000189. The highest BCUT2D eigenvalue weighted by atomic mass is 16.6. The van der Waals surface area contributed by atoms with Gasteiger partial charge in [-0.2, -0.15) is 0 Å². The molecule has 17 nitrogen and oxygen atoms in total. The molecule has 17 heteroatoms. The summed E-state index contributed by atoms with van der Waals surface area (Å²) >= 11 is 0. The molecule has 0 unspecified atom stereocenters. The van der Waals surface area contributed by atoms with E-state index in [4.69, 9.17) is 39.0 Å². The van der Waals surface area contributed by atoms with Crippen LogP contribution in [0.15, 0.2) is 0 Å². The van der Waals surface area contributed by atoms with Gasteiger partial charge in [-0.25, -0.2) is 0 Å². The molecule has 0 aromatic carbocycles. The molecule has 0 aromatic heterocycles. The van der Waals surface area contributed by atoms with Gasteiger partial charge in [0.15, 0.2) is 6.10 Å². The summed E-state index contributed by atoms with van der Waals surface area (Å²) in [5.41, 5.74) is 0. The van der Waals surface area contributed by atoms with Crippen LogP contribution in [-0.2, 0) is 62.0 Å². The quantitative estimate of drug-likeness (QED) is 0.0250. The van der Waals surface area contributed by atoms with Crippen molar-refractivity contribution in [2.45, 2.75) is 566 Å². The number of carbonyl (C=O) groups is 8. The Hall–Kier alpha value is -4.28. The molecule has 0 radical (unpaired) electrons. The minimum Gasteiger partial charge on any atom is -0.481 e. The molecular formula is C100H190O17. The summed E-state index contributed by atoms with van der Waals surface area (Å²) in [4.78, 5) is 92.8. The van der Waals surface area contributed by atoms with Gasteiger partial charge < -0.3 is 44.1 Å². The number of aliphatic hydroxyl groups is 1. The van der Waals surface area contributed by atoms with E-state index < -0.39 is 30.1 Å². The van der Waals surface area contributed by atoms with E-state index in [1.165, 1.54) is 321 Å². The molecule has 0 saturated carbocycles. The van der Waals surface area contributed by atoms with E-state index in [0.29, 0.717) is 44.9 Å². The van der Waals surface area contributed by atoms with Crippen LogP contribution in [0.4, 0.5) is 0 Å². The first-order valence-corrected chi connectivity index (χ1v) is 50.3. The third-order valence-electron chi connectivity index (χ3n) is 22.5. The average Bonchev–Trinajstić information content (AvgIpc) is 0.943. The molecule has 0 aromatic rings. The maximum absolute atomic E-state index is 12.7. The van der Waals surface area contributed by atoms with Gasteiger partial charge in [0.25, 0.3) is 0 Å². The fourth-order valence-corrected chi connectivity index (χ4v) is 14.9. The lowest BCUT2D eigenvalue weighted by Gasteiger charge is -2.18. The number of hydrogen-bond donors (Lipinski definition) is 4. The largest absolute Gasteiger partial charge is 0.481 e. The van der Waals surface area contributed by atoms with Crippen LogP contribution >= 0.6 is 0 Å². The minimum atomic E-state index is -0.953. The number of ether oxygens (including phenoxy) is 5. The van der Waals surface area contributed by atoms with Gasteiger partial charge in [-0.15, -0.1) is 0 Å². The summed E-state index contributed by atoms with van der Waals surface area (Å²) < 4.78 is 27.0. The van der Waals surface area contributed by atoms with Gasteiger partial charge in [-0.1, -0.05) is 451 Å². The minimum absolute atomic E-state index is 0.0887.